The lowest BCUT2D eigenvalue weighted by atomic mass is 9.64. The molecular weight excluding hydrogens is 300 g/mol. The summed E-state index contributed by atoms with van der Waals surface area (Å²) in [5.41, 5.74) is 5.44. The molecule has 0 heterocycles. The first-order valence-electron chi connectivity index (χ1n) is 9.32. The molecule has 0 radical (unpaired) electrons. The minimum atomic E-state index is 0.0678. The molecule has 0 amide bonds. The molecule has 1 aromatic rings. The predicted octanol–water partition coefficient (Wildman–Crippen LogP) is 7.34. The molecule has 134 valence electrons. The van der Waals surface area contributed by atoms with Crippen molar-refractivity contribution in [2.75, 3.05) is 0 Å². The highest BCUT2D eigenvalue weighted by Gasteiger charge is 2.38. The Bertz CT molecular complexity index is 655. The second-order valence-electron chi connectivity index (χ2n) is 10.2. The summed E-state index contributed by atoms with van der Waals surface area (Å²) in [6.45, 7) is 20.7. The molecule has 1 aromatic carbocycles. The van der Waals surface area contributed by atoms with Gasteiger partial charge in [-0.1, -0.05) is 38.3 Å². The maximum Gasteiger partial charge on any atom is 0.127 e. The summed E-state index contributed by atoms with van der Waals surface area (Å²) in [6.07, 6.45) is 8.54. The van der Waals surface area contributed by atoms with Gasteiger partial charge in [-0.25, -0.2) is 0 Å². The fraction of sp³-hybridized carbons (Fsp3) is 0.480. The van der Waals surface area contributed by atoms with Crippen molar-refractivity contribution in [3.05, 3.63) is 76.8 Å². The van der Waals surface area contributed by atoms with Crippen molar-refractivity contribution in [1.29, 1.82) is 0 Å². The molecular formula is C25H34. The molecule has 0 spiro atoms. The topological polar surface area (TPSA) is 0 Å². The van der Waals surface area contributed by atoms with E-state index < -0.39 is 0 Å². The van der Waals surface area contributed by atoms with E-state index in [2.05, 4.69) is 111 Å². The Morgan fingerprint density at radius 2 is 1.12 bits per heavy atom. The van der Waals surface area contributed by atoms with Crippen LogP contribution in [0.5, 0.6) is 0 Å². The molecule has 0 atom stereocenters. The van der Waals surface area contributed by atoms with Crippen LogP contribution < -0.4 is 0 Å². The van der Waals surface area contributed by atoms with Crippen molar-refractivity contribution in [2.24, 2.45) is 16.2 Å². The van der Waals surface area contributed by atoms with E-state index in [4.69, 9.17) is 0 Å². The zero-order valence-electron chi connectivity index (χ0n) is 17.5. The Hall–Kier alpha value is -1.78. The average molecular weight is 335 g/mol. The Morgan fingerprint density at radius 1 is 0.680 bits per heavy atom. The van der Waals surface area contributed by atoms with E-state index in [-0.39, 0.29) is 16.2 Å². The molecule has 1 aliphatic rings. The van der Waals surface area contributed by atoms with Gasteiger partial charge in [-0.3, -0.25) is 0 Å². The van der Waals surface area contributed by atoms with Crippen LogP contribution in [0.15, 0.2) is 59.2 Å². The lowest BCUT2D eigenvalue weighted by Gasteiger charge is -2.39. The lowest BCUT2D eigenvalue weighted by Crippen LogP contribution is -2.27. The zero-order valence-corrected chi connectivity index (χ0v) is 17.5. The molecule has 0 fully saturated rings. The highest BCUT2D eigenvalue weighted by molar-refractivity contribution is 5.60. The largest absolute Gasteiger partial charge is 0.127 e. The van der Waals surface area contributed by atoms with Crippen molar-refractivity contribution < 1.29 is 0 Å². The molecule has 0 nitrogen and oxygen atoms in total. The van der Waals surface area contributed by atoms with Crippen LogP contribution in [0.1, 0.15) is 67.9 Å². The Labute approximate surface area is 155 Å². The first kappa shape index (κ1) is 19.5. The van der Waals surface area contributed by atoms with Gasteiger partial charge in [0.2, 0.25) is 0 Å². The Kier molecular flexibility index (Phi) is 5.08. The molecule has 0 N–H and O–H groups in total. The fourth-order valence-electron chi connectivity index (χ4n) is 3.06. The van der Waals surface area contributed by atoms with Gasteiger partial charge in [0.05, 0.1) is 0 Å². The molecule has 0 saturated heterocycles. The third-order valence-electron chi connectivity index (χ3n) is 4.66. The van der Waals surface area contributed by atoms with Crippen LogP contribution in [0.3, 0.4) is 0 Å². The monoisotopic (exact) mass is 334 g/mol. The summed E-state index contributed by atoms with van der Waals surface area (Å²) in [7, 11) is 0. The van der Waals surface area contributed by atoms with E-state index >= 15 is 0 Å². The maximum atomic E-state index is 3.73. The fourth-order valence-corrected chi connectivity index (χ4v) is 3.06. The van der Waals surface area contributed by atoms with Gasteiger partial charge in [0, 0.05) is 40.2 Å². The lowest BCUT2D eigenvalue weighted by molar-refractivity contribution is 0.442. The van der Waals surface area contributed by atoms with Crippen LogP contribution in [-0.4, -0.2) is 0 Å². The first-order chi connectivity index (χ1) is 11.3. The molecule has 25 heavy (non-hydrogen) atoms. The molecule has 0 aromatic heterocycles. The Morgan fingerprint density at radius 3 is 1.48 bits per heavy atom. The number of benzene rings is 1. The van der Waals surface area contributed by atoms with E-state index in [0.717, 1.165) is 5.56 Å². The molecule has 2 rings (SSSR count). The zero-order chi connectivity index (χ0) is 19.0. The van der Waals surface area contributed by atoms with E-state index in [1.165, 1.54) is 22.6 Å². The van der Waals surface area contributed by atoms with Crippen LogP contribution in [0.2, 0.25) is 0 Å². The summed E-state index contributed by atoms with van der Waals surface area (Å²) in [6, 6.07) is 10.5. The van der Waals surface area contributed by atoms with Gasteiger partial charge in [-0.15, -0.1) is 5.92 Å². The first-order valence-corrected chi connectivity index (χ1v) is 9.32. The van der Waals surface area contributed by atoms with Gasteiger partial charge >= 0.3 is 0 Å². The number of allylic oxidation sites excluding steroid dienone is 5. The molecule has 1 aliphatic carbocycles. The quantitative estimate of drug-likeness (QED) is 0.471. The smallest absolute Gasteiger partial charge is 0.110 e. The second kappa shape index (κ2) is 6.50. The minimum Gasteiger partial charge on any atom is -0.110 e. The minimum absolute atomic E-state index is 0.0678. The van der Waals surface area contributed by atoms with Crippen molar-refractivity contribution in [2.45, 2.75) is 62.3 Å². The summed E-state index contributed by atoms with van der Waals surface area (Å²) in [5, 5.41) is 0. The predicted molar refractivity (Wildman–Crippen MR) is 110 cm³/mol. The van der Waals surface area contributed by atoms with Gasteiger partial charge in [-0.2, -0.15) is 0 Å². The van der Waals surface area contributed by atoms with Gasteiger partial charge in [0.1, 0.15) is 11.1 Å². The van der Waals surface area contributed by atoms with E-state index in [0.29, 0.717) is 0 Å². The third-order valence-corrected chi connectivity index (χ3v) is 4.66. The van der Waals surface area contributed by atoms with E-state index in [1.54, 1.807) is 0 Å². The highest BCUT2D eigenvalue weighted by atomic mass is 14.4. The van der Waals surface area contributed by atoms with Gasteiger partial charge in [-0.05, 0) is 59.7 Å². The summed E-state index contributed by atoms with van der Waals surface area (Å²) in [5.74, 6) is 1.40. The van der Waals surface area contributed by atoms with Gasteiger partial charge < -0.3 is 0 Å². The maximum absolute atomic E-state index is 3.73. The van der Waals surface area contributed by atoms with Gasteiger partial charge in [0.15, 0.2) is 0 Å². The summed E-state index contributed by atoms with van der Waals surface area (Å²) in [4.78, 5) is 0. The van der Waals surface area contributed by atoms with Crippen LogP contribution >= 0.6 is 0 Å². The summed E-state index contributed by atoms with van der Waals surface area (Å²) >= 11 is 0. The molecule has 0 aliphatic heterocycles. The van der Waals surface area contributed by atoms with Gasteiger partial charge in [0.25, 0.3) is 0 Å². The second-order valence-corrected chi connectivity index (χ2v) is 10.2. The van der Waals surface area contributed by atoms with Crippen molar-refractivity contribution in [3.8, 4) is 0 Å². The highest BCUT2D eigenvalue weighted by Crippen LogP contribution is 2.49. The molecule has 0 bridgehead atoms. The SMILES string of the molecule is CC(C)(C)C1=C[C-](C(C)(C)C)C=C(C(C)(C)C)C1=[C+]c1ccccc1. The third kappa shape index (κ3) is 4.65. The van der Waals surface area contributed by atoms with Crippen LogP contribution in [0.4, 0.5) is 0 Å². The summed E-state index contributed by atoms with van der Waals surface area (Å²) < 4.78 is 0. The number of hydrogen-bond acceptors (Lipinski definition) is 0. The molecule has 0 unspecified atom stereocenters. The van der Waals surface area contributed by atoms with E-state index in [9.17, 15) is 0 Å². The molecule has 0 heteroatoms. The van der Waals surface area contributed by atoms with Crippen molar-refractivity contribution in [1.82, 2.24) is 0 Å². The van der Waals surface area contributed by atoms with Crippen LogP contribution in [0.25, 0.3) is 0 Å². The van der Waals surface area contributed by atoms with Crippen LogP contribution in [0, 0.1) is 28.2 Å². The number of hydrogen-bond donors (Lipinski definition) is 0. The average Bonchev–Trinajstić information content (AvgIpc) is 2.45. The number of rotatable bonds is 1. The van der Waals surface area contributed by atoms with Crippen molar-refractivity contribution in [3.63, 3.8) is 0 Å². The van der Waals surface area contributed by atoms with Crippen molar-refractivity contribution >= 4 is 0 Å². The molecule has 0 saturated carbocycles. The van der Waals surface area contributed by atoms with E-state index in [1.807, 2.05) is 0 Å². The Balaban J connectivity index is 2.71. The van der Waals surface area contributed by atoms with Crippen LogP contribution in [-0.2, 0) is 0 Å². The standard InChI is InChI=1S/C25H34/c1-23(2,3)19-16-21(24(4,5)6)20(22(17-19)25(7,8)9)15-18-13-11-10-12-14-18/h10-14,16-17H,1-9H3. The normalized spacial score (nSPS) is 16.4.